The Morgan fingerprint density at radius 1 is 1.50 bits per heavy atom. The summed E-state index contributed by atoms with van der Waals surface area (Å²) in [5.74, 6) is 6.16. The minimum absolute atomic E-state index is 0.0262. The van der Waals surface area contributed by atoms with Gasteiger partial charge in [0, 0.05) is 5.56 Å². The van der Waals surface area contributed by atoms with Crippen LogP contribution in [0.2, 0.25) is 0 Å². The van der Waals surface area contributed by atoms with Crippen LogP contribution >= 0.6 is 0 Å². The van der Waals surface area contributed by atoms with E-state index < -0.39 is 0 Å². The molecule has 0 aliphatic heterocycles. The number of rotatable bonds is 3. The van der Waals surface area contributed by atoms with E-state index >= 15 is 0 Å². The fourth-order valence-electron chi connectivity index (χ4n) is 1.07. The summed E-state index contributed by atoms with van der Waals surface area (Å²) >= 11 is 0. The normalized spacial score (nSPS) is 8.71. The number of benzene rings is 1. The molecule has 0 saturated carbocycles. The van der Waals surface area contributed by atoms with Crippen molar-refractivity contribution in [3.8, 4) is 17.6 Å². The summed E-state index contributed by atoms with van der Waals surface area (Å²) < 4.78 is 5.02. The first kappa shape index (κ1) is 10.3. The average molecular weight is 188 g/mol. The van der Waals surface area contributed by atoms with Crippen molar-refractivity contribution in [2.24, 2.45) is 0 Å². The first-order chi connectivity index (χ1) is 6.77. The Labute approximate surface area is 83.9 Å². The van der Waals surface area contributed by atoms with Crippen molar-refractivity contribution in [3.63, 3.8) is 0 Å². The van der Waals surface area contributed by atoms with Crippen LogP contribution in [0.25, 0.3) is 0 Å². The van der Waals surface area contributed by atoms with Crippen LogP contribution in [0.5, 0.6) is 5.75 Å². The third-order valence-electron chi connectivity index (χ3n) is 1.82. The Hall–Kier alpha value is -1.75. The highest BCUT2D eigenvalue weighted by atomic mass is 16.5. The Bertz CT molecular complexity index is 383. The number of ketones is 1. The standard InChI is InChI=1S/C12H12O2/c1-3-4-8-12(13)10-6-5-7-11(9-10)14-2/h5-7,9H,8H2,1-2H3. The molecule has 0 bridgehead atoms. The van der Waals surface area contributed by atoms with Crippen LogP contribution in [0.1, 0.15) is 23.7 Å². The van der Waals surface area contributed by atoms with Crippen LogP contribution in [-0.4, -0.2) is 12.9 Å². The molecule has 0 heterocycles. The third kappa shape index (κ3) is 2.63. The summed E-state index contributed by atoms with van der Waals surface area (Å²) in [7, 11) is 1.58. The Kier molecular flexibility index (Phi) is 3.75. The lowest BCUT2D eigenvalue weighted by molar-refractivity contribution is 0.0998. The second-order valence-electron chi connectivity index (χ2n) is 2.76. The molecule has 0 unspecified atom stereocenters. The van der Waals surface area contributed by atoms with Gasteiger partial charge in [-0.05, 0) is 19.1 Å². The van der Waals surface area contributed by atoms with Gasteiger partial charge in [-0.15, -0.1) is 5.92 Å². The van der Waals surface area contributed by atoms with Gasteiger partial charge in [-0.25, -0.2) is 0 Å². The van der Waals surface area contributed by atoms with Crippen LogP contribution in [0, 0.1) is 11.8 Å². The molecule has 0 aliphatic rings. The van der Waals surface area contributed by atoms with Gasteiger partial charge in [0.15, 0.2) is 5.78 Å². The molecule has 2 nitrogen and oxygen atoms in total. The predicted octanol–water partition coefficient (Wildman–Crippen LogP) is 2.29. The lowest BCUT2D eigenvalue weighted by atomic mass is 10.1. The zero-order valence-corrected chi connectivity index (χ0v) is 8.33. The molecule has 1 aromatic rings. The summed E-state index contributed by atoms with van der Waals surface area (Å²) in [5, 5.41) is 0. The maximum Gasteiger partial charge on any atom is 0.174 e. The number of hydrogen-bond acceptors (Lipinski definition) is 2. The minimum Gasteiger partial charge on any atom is -0.497 e. The van der Waals surface area contributed by atoms with E-state index in [0.717, 1.165) is 0 Å². The molecule has 0 fully saturated rings. The van der Waals surface area contributed by atoms with Crippen molar-refractivity contribution < 1.29 is 9.53 Å². The van der Waals surface area contributed by atoms with Crippen molar-refractivity contribution in [2.75, 3.05) is 7.11 Å². The maximum absolute atomic E-state index is 11.5. The number of carbonyl (C=O) groups excluding carboxylic acids is 1. The number of hydrogen-bond donors (Lipinski definition) is 0. The van der Waals surface area contributed by atoms with Gasteiger partial charge >= 0.3 is 0 Å². The SMILES string of the molecule is CC#CCC(=O)c1cccc(OC)c1. The van der Waals surface area contributed by atoms with Crippen molar-refractivity contribution >= 4 is 5.78 Å². The smallest absolute Gasteiger partial charge is 0.174 e. The highest BCUT2D eigenvalue weighted by Crippen LogP contribution is 2.13. The van der Waals surface area contributed by atoms with Gasteiger partial charge in [-0.2, -0.15) is 0 Å². The monoisotopic (exact) mass is 188 g/mol. The Morgan fingerprint density at radius 3 is 2.93 bits per heavy atom. The molecule has 0 radical (unpaired) electrons. The first-order valence-electron chi connectivity index (χ1n) is 4.34. The lowest BCUT2D eigenvalue weighted by Gasteiger charge is -2.01. The van der Waals surface area contributed by atoms with Crippen LogP contribution in [0.15, 0.2) is 24.3 Å². The third-order valence-corrected chi connectivity index (χ3v) is 1.82. The first-order valence-corrected chi connectivity index (χ1v) is 4.34. The Morgan fingerprint density at radius 2 is 2.29 bits per heavy atom. The molecule has 1 aromatic carbocycles. The zero-order valence-electron chi connectivity index (χ0n) is 8.33. The molecule has 1 rings (SSSR count). The second kappa shape index (κ2) is 5.08. The molecular formula is C12H12O2. The molecule has 14 heavy (non-hydrogen) atoms. The highest BCUT2D eigenvalue weighted by Gasteiger charge is 2.04. The van der Waals surface area contributed by atoms with Gasteiger partial charge in [0.1, 0.15) is 5.75 Å². The molecule has 0 saturated heterocycles. The summed E-state index contributed by atoms with van der Waals surface area (Å²) in [6, 6.07) is 7.09. The molecule has 72 valence electrons. The number of methoxy groups -OCH3 is 1. The van der Waals surface area contributed by atoms with Gasteiger partial charge in [0.25, 0.3) is 0 Å². The van der Waals surface area contributed by atoms with Crippen LogP contribution in [-0.2, 0) is 0 Å². The molecule has 0 amide bonds. The number of ether oxygens (including phenoxy) is 1. The van der Waals surface area contributed by atoms with Crippen LogP contribution < -0.4 is 4.74 Å². The maximum atomic E-state index is 11.5. The van der Waals surface area contributed by atoms with E-state index in [1.807, 2.05) is 6.07 Å². The van der Waals surface area contributed by atoms with E-state index in [0.29, 0.717) is 11.3 Å². The number of Topliss-reactive ketones (excluding diaryl/α,β-unsaturated/α-hetero) is 1. The van der Waals surface area contributed by atoms with E-state index in [1.54, 1.807) is 32.2 Å². The zero-order chi connectivity index (χ0) is 10.4. The van der Waals surface area contributed by atoms with E-state index in [2.05, 4.69) is 11.8 Å². The van der Waals surface area contributed by atoms with Crippen LogP contribution in [0.4, 0.5) is 0 Å². The average Bonchev–Trinajstić information content (AvgIpc) is 2.26. The molecular weight excluding hydrogens is 176 g/mol. The van der Waals surface area contributed by atoms with Crippen molar-refractivity contribution in [1.82, 2.24) is 0 Å². The summed E-state index contributed by atoms with van der Waals surface area (Å²) in [6.45, 7) is 1.72. The van der Waals surface area contributed by atoms with Gasteiger partial charge in [-0.3, -0.25) is 4.79 Å². The van der Waals surface area contributed by atoms with Crippen LogP contribution in [0.3, 0.4) is 0 Å². The van der Waals surface area contributed by atoms with Gasteiger partial charge in [-0.1, -0.05) is 18.1 Å². The van der Waals surface area contributed by atoms with Gasteiger partial charge < -0.3 is 4.74 Å². The molecule has 0 aliphatic carbocycles. The van der Waals surface area contributed by atoms with Crippen molar-refractivity contribution in [3.05, 3.63) is 29.8 Å². The predicted molar refractivity (Wildman–Crippen MR) is 55.4 cm³/mol. The van der Waals surface area contributed by atoms with E-state index in [9.17, 15) is 4.79 Å². The number of carbonyl (C=O) groups is 1. The summed E-state index contributed by atoms with van der Waals surface area (Å²) in [6.07, 6.45) is 0.268. The molecule has 0 atom stereocenters. The van der Waals surface area contributed by atoms with E-state index in [4.69, 9.17) is 4.74 Å². The van der Waals surface area contributed by atoms with Crippen molar-refractivity contribution in [1.29, 1.82) is 0 Å². The van der Waals surface area contributed by atoms with Gasteiger partial charge in [0.2, 0.25) is 0 Å². The fraction of sp³-hybridized carbons (Fsp3) is 0.250. The van der Waals surface area contributed by atoms with Gasteiger partial charge in [0.05, 0.1) is 13.5 Å². The summed E-state index contributed by atoms with van der Waals surface area (Å²) in [5.41, 5.74) is 0.645. The highest BCUT2D eigenvalue weighted by molar-refractivity contribution is 5.97. The second-order valence-corrected chi connectivity index (χ2v) is 2.76. The topological polar surface area (TPSA) is 26.3 Å². The summed E-state index contributed by atoms with van der Waals surface area (Å²) in [4.78, 5) is 11.5. The van der Waals surface area contributed by atoms with E-state index in [1.165, 1.54) is 0 Å². The molecule has 2 heteroatoms. The molecule has 0 N–H and O–H groups in total. The lowest BCUT2D eigenvalue weighted by Crippen LogP contribution is -1.97. The minimum atomic E-state index is 0.0262. The quantitative estimate of drug-likeness (QED) is 0.537. The molecule has 0 aromatic heterocycles. The largest absolute Gasteiger partial charge is 0.497 e. The fourth-order valence-corrected chi connectivity index (χ4v) is 1.07. The molecule has 0 spiro atoms. The Balaban J connectivity index is 2.82. The van der Waals surface area contributed by atoms with E-state index in [-0.39, 0.29) is 12.2 Å². The van der Waals surface area contributed by atoms with Crippen molar-refractivity contribution in [2.45, 2.75) is 13.3 Å².